The summed E-state index contributed by atoms with van der Waals surface area (Å²) in [5.41, 5.74) is 0. The van der Waals surface area contributed by atoms with Gasteiger partial charge in [-0.15, -0.1) is 0 Å². The van der Waals surface area contributed by atoms with E-state index in [-0.39, 0.29) is 31.1 Å². The minimum Gasteiger partial charge on any atom is -0.462 e. The standard InChI is InChI=1S/C71H126O6/c1-4-7-10-13-16-19-22-25-27-28-29-30-31-32-33-34-35-36-37-38-39-40-41-42-44-46-49-52-55-58-61-64-70(73)76-67-68(66-75-69(72)63-60-57-54-51-48-45-24-21-18-15-12-9-6-3)77-71(74)65-62-59-56-53-50-47-43-26-23-20-17-14-11-8-5-2/h7,10,16,19,21,24-25,27,29-30,32-33,68H,4-6,8-9,11-15,17-18,20,22-23,26,28,31,34-67H2,1-3H3/b10-7-,19-16-,24-21-,27-25-,30-29-,33-32-. The van der Waals surface area contributed by atoms with E-state index in [0.717, 1.165) is 96.3 Å². The second kappa shape index (κ2) is 65.4. The highest BCUT2D eigenvalue weighted by Crippen LogP contribution is 2.17. The van der Waals surface area contributed by atoms with Gasteiger partial charge in [0.15, 0.2) is 6.10 Å². The summed E-state index contributed by atoms with van der Waals surface area (Å²) in [5, 5.41) is 0. The highest BCUT2D eigenvalue weighted by molar-refractivity contribution is 5.71. The highest BCUT2D eigenvalue weighted by Gasteiger charge is 2.19. The summed E-state index contributed by atoms with van der Waals surface area (Å²) in [6.07, 6.45) is 84.9. The zero-order valence-electron chi connectivity index (χ0n) is 51.2. The van der Waals surface area contributed by atoms with Crippen LogP contribution in [0.5, 0.6) is 0 Å². The molecule has 0 spiro atoms. The van der Waals surface area contributed by atoms with Crippen molar-refractivity contribution in [2.45, 2.75) is 348 Å². The van der Waals surface area contributed by atoms with Gasteiger partial charge in [0, 0.05) is 19.3 Å². The van der Waals surface area contributed by atoms with Crippen LogP contribution in [0.15, 0.2) is 72.9 Å². The van der Waals surface area contributed by atoms with Gasteiger partial charge < -0.3 is 14.2 Å². The second-order valence-electron chi connectivity index (χ2n) is 22.4. The van der Waals surface area contributed by atoms with E-state index in [0.29, 0.717) is 19.3 Å². The van der Waals surface area contributed by atoms with E-state index in [9.17, 15) is 14.4 Å². The molecule has 0 radical (unpaired) electrons. The van der Waals surface area contributed by atoms with Gasteiger partial charge in [0.05, 0.1) is 0 Å². The van der Waals surface area contributed by atoms with Crippen LogP contribution in [0.2, 0.25) is 0 Å². The minimum atomic E-state index is -0.775. The molecule has 0 N–H and O–H groups in total. The third-order valence-electron chi connectivity index (χ3n) is 14.7. The number of unbranched alkanes of at least 4 members (excludes halogenated alkanes) is 38. The van der Waals surface area contributed by atoms with Gasteiger partial charge in [0.25, 0.3) is 0 Å². The van der Waals surface area contributed by atoms with E-state index in [1.54, 1.807) is 0 Å². The fourth-order valence-corrected chi connectivity index (χ4v) is 9.70. The summed E-state index contributed by atoms with van der Waals surface area (Å²) in [5.74, 6) is -0.863. The minimum absolute atomic E-state index is 0.0731. The Hall–Kier alpha value is -3.15. The smallest absolute Gasteiger partial charge is 0.306 e. The van der Waals surface area contributed by atoms with Crippen molar-refractivity contribution < 1.29 is 28.6 Å². The summed E-state index contributed by atoms with van der Waals surface area (Å²) in [7, 11) is 0. The molecule has 0 aromatic rings. The molecule has 0 aromatic heterocycles. The summed E-state index contributed by atoms with van der Waals surface area (Å²) in [4.78, 5) is 38.3. The third-order valence-corrected chi connectivity index (χ3v) is 14.7. The van der Waals surface area contributed by atoms with E-state index >= 15 is 0 Å². The highest BCUT2D eigenvalue weighted by atomic mass is 16.6. The van der Waals surface area contributed by atoms with Crippen molar-refractivity contribution in [1.29, 1.82) is 0 Å². The summed E-state index contributed by atoms with van der Waals surface area (Å²) in [6.45, 7) is 6.55. The molecule has 0 aliphatic rings. The molecule has 77 heavy (non-hydrogen) atoms. The van der Waals surface area contributed by atoms with Crippen LogP contribution in [-0.4, -0.2) is 37.2 Å². The molecule has 0 aromatic carbocycles. The maximum Gasteiger partial charge on any atom is 0.306 e. The topological polar surface area (TPSA) is 78.9 Å². The van der Waals surface area contributed by atoms with Crippen LogP contribution >= 0.6 is 0 Å². The Morgan fingerprint density at radius 2 is 0.506 bits per heavy atom. The molecule has 6 heteroatoms. The molecule has 0 heterocycles. The largest absolute Gasteiger partial charge is 0.462 e. The monoisotopic (exact) mass is 1070 g/mol. The van der Waals surface area contributed by atoms with Gasteiger partial charge >= 0.3 is 17.9 Å². The van der Waals surface area contributed by atoms with Crippen molar-refractivity contribution >= 4 is 17.9 Å². The van der Waals surface area contributed by atoms with Crippen LogP contribution in [0.4, 0.5) is 0 Å². The number of allylic oxidation sites excluding steroid dienone is 12. The number of carbonyl (C=O) groups excluding carboxylic acids is 3. The van der Waals surface area contributed by atoms with Crippen molar-refractivity contribution in [2.24, 2.45) is 0 Å². The summed E-state index contributed by atoms with van der Waals surface area (Å²) >= 11 is 0. The Morgan fingerprint density at radius 3 is 0.818 bits per heavy atom. The SMILES string of the molecule is CC/C=C\C/C=C\C/C=C\C/C=C\C/C=C\CCCCCCCCCCCCCCCCCC(=O)OCC(COC(=O)CCCCCCC/C=C\CCCCCC)OC(=O)CCCCCCCCCCCCCCCCC. The number of hydrogen-bond acceptors (Lipinski definition) is 6. The molecule has 0 amide bonds. The molecule has 0 rings (SSSR count). The van der Waals surface area contributed by atoms with Crippen molar-refractivity contribution in [3.63, 3.8) is 0 Å². The Kier molecular flexibility index (Phi) is 62.7. The van der Waals surface area contributed by atoms with Gasteiger partial charge in [-0.05, 0) is 89.9 Å². The van der Waals surface area contributed by atoms with Crippen molar-refractivity contribution in [1.82, 2.24) is 0 Å². The fourth-order valence-electron chi connectivity index (χ4n) is 9.70. The van der Waals surface area contributed by atoms with Crippen LogP contribution in [0, 0.1) is 0 Å². The van der Waals surface area contributed by atoms with Gasteiger partial charge in [0.1, 0.15) is 13.2 Å². The average Bonchev–Trinajstić information content (AvgIpc) is 3.43. The number of hydrogen-bond donors (Lipinski definition) is 0. The van der Waals surface area contributed by atoms with Crippen LogP contribution in [0.25, 0.3) is 0 Å². The van der Waals surface area contributed by atoms with Crippen LogP contribution in [0.1, 0.15) is 342 Å². The lowest BCUT2D eigenvalue weighted by molar-refractivity contribution is -0.167. The van der Waals surface area contributed by atoms with Crippen molar-refractivity contribution in [3.05, 3.63) is 72.9 Å². The maximum atomic E-state index is 12.9. The zero-order valence-corrected chi connectivity index (χ0v) is 51.2. The van der Waals surface area contributed by atoms with E-state index in [2.05, 4.69) is 93.7 Å². The van der Waals surface area contributed by atoms with Gasteiger partial charge in [-0.25, -0.2) is 0 Å². The van der Waals surface area contributed by atoms with E-state index in [1.165, 1.54) is 205 Å². The molecule has 1 unspecified atom stereocenters. The lowest BCUT2D eigenvalue weighted by atomic mass is 10.0. The molecule has 6 nitrogen and oxygen atoms in total. The van der Waals surface area contributed by atoms with Crippen LogP contribution in [-0.2, 0) is 28.6 Å². The van der Waals surface area contributed by atoms with E-state index < -0.39 is 6.10 Å². The lowest BCUT2D eigenvalue weighted by Crippen LogP contribution is -2.30. The molecule has 446 valence electrons. The van der Waals surface area contributed by atoms with E-state index in [1.807, 2.05) is 0 Å². The van der Waals surface area contributed by atoms with Crippen LogP contribution in [0.3, 0.4) is 0 Å². The molecule has 0 saturated carbocycles. The first-order valence-electron chi connectivity index (χ1n) is 33.4. The first-order valence-corrected chi connectivity index (χ1v) is 33.4. The molecule has 0 bridgehead atoms. The predicted molar refractivity (Wildman–Crippen MR) is 335 cm³/mol. The first-order chi connectivity index (χ1) is 38.0. The Labute approximate surface area is 478 Å². The van der Waals surface area contributed by atoms with Crippen molar-refractivity contribution in [3.8, 4) is 0 Å². The van der Waals surface area contributed by atoms with Gasteiger partial charge in [-0.2, -0.15) is 0 Å². The molecule has 0 aliphatic carbocycles. The van der Waals surface area contributed by atoms with E-state index in [4.69, 9.17) is 14.2 Å². The average molecular weight is 1080 g/mol. The predicted octanol–water partition coefficient (Wildman–Crippen LogP) is 22.9. The lowest BCUT2D eigenvalue weighted by Gasteiger charge is -2.18. The fraction of sp³-hybridized carbons (Fsp3) is 0.789. The Balaban J connectivity index is 4.17. The Bertz CT molecular complexity index is 1420. The number of ether oxygens (including phenoxy) is 3. The number of esters is 3. The van der Waals surface area contributed by atoms with Crippen LogP contribution < -0.4 is 0 Å². The molecule has 0 saturated heterocycles. The third kappa shape index (κ3) is 63.6. The molecule has 0 aliphatic heterocycles. The number of rotatable bonds is 61. The molecule has 0 fully saturated rings. The first kappa shape index (κ1) is 73.8. The van der Waals surface area contributed by atoms with Gasteiger partial charge in [0.2, 0.25) is 0 Å². The molecule has 1 atom stereocenters. The summed E-state index contributed by atoms with van der Waals surface area (Å²) < 4.78 is 16.9. The van der Waals surface area contributed by atoms with Crippen molar-refractivity contribution in [2.75, 3.05) is 13.2 Å². The maximum absolute atomic E-state index is 12.9. The van der Waals surface area contributed by atoms with Gasteiger partial charge in [-0.3, -0.25) is 14.4 Å². The quantitative estimate of drug-likeness (QED) is 0.0261. The molecular weight excluding hydrogens is 949 g/mol. The number of carbonyl (C=O) groups is 3. The van der Waals surface area contributed by atoms with Gasteiger partial charge in [-0.1, -0.05) is 306 Å². The Morgan fingerprint density at radius 1 is 0.273 bits per heavy atom. The normalized spacial score (nSPS) is 12.5. The second-order valence-corrected chi connectivity index (χ2v) is 22.4. The zero-order chi connectivity index (χ0) is 55.7. The summed E-state index contributed by atoms with van der Waals surface area (Å²) in [6, 6.07) is 0. The molecular formula is C71H126O6.